The van der Waals surface area contributed by atoms with E-state index in [9.17, 15) is 14.7 Å². The molecule has 39 heavy (non-hydrogen) atoms. The Kier molecular flexibility index (Phi) is 9.28. The number of carboxylic acid groups (broad SMARTS) is 1. The van der Waals surface area contributed by atoms with E-state index in [4.69, 9.17) is 9.15 Å². The maximum atomic E-state index is 13.2. The largest absolute Gasteiger partial charge is 1.00 e. The summed E-state index contributed by atoms with van der Waals surface area (Å²) in [7, 11) is 0. The predicted octanol–water partition coefficient (Wildman–Crippen LogP) is 3.68. The SMILES string of the molecule is CCCCC(=O)c1c(-c2ccc3c(C)c(OC(Cc4ccccc4)C(=O)[O-])ccc3c2)oc2ccccc12.[Na+]. The second-order valence-electron chi connectivity index (χ2n) is 9.57. The van der Waals surface area contributed by atoms with Crippen LogP contribution in [0.1, 0.15) is 47.7 Å². The van der Waals surface area contributed by atoms with Crippen LogP contribution in [0.2, 0.25) is 0 Å². The molecule has 0 bridgehead atoms. The summed E-state index contributed by atoms with van der Waals surface area (Å²) in [6.45, 7) is 3.98. The van der Waals surface area contributed by atoms with Crippen molar-refractivity contribution >= 4 is 33.5 Å². The van der Waals surface area contributed by atoms with E-state index in [1.807, 2.05) is 85.8 Å². The van der Waals surface area contributed by atoms with Gasteiger partial charge in [0.1, 0.15) is 23.2 Å². The van der Waals surface area contributed by atoms with Crippen LogP contribution in [-0.4, -0.2) is 17.9 Å². The number of carboxylic acids is 1. The van der Waals surface area contributed by atoms with Gasteiger partial charge < -0.3 is 19.1 Å². The Labute approximate surface area is 250 Å². The number of carbonyl (C=O) groups excluding carboxylic acids is 2. The van der Waals surface area contributed by atoms with Crippen LogP contribution >= 0.6 is 0 Å². The number of hydrogen-bond acceptors (Lipinski definition) is 5. The zero-order valence-electron chi connectivity index (χ0n) is 22.5. The first-order chi connectivity index (χ1) is 18.5. The molecular weight excluding hydrogens is 499 g/mol. The number of hydrogen-bond donors (Lipinski definition) is 0. The third kappa shape index (κ3) is 6.11. The third-order valence-corrected chi connectivity index (χ3v) is 6.93. The fourth-order valence-electron chi connectivity index (χ4n) is 4.88. The number of Topliss-reactive ketones (excluding diaryl/α,β-unsaturated/α-hetero) is 1. The number of carbonyl (C=O) groups is 2. The first kappa shape index (κ1) is 28.6. The van der Waals surface area contributed by atoms with Crippen molar-refractivity contribution in [3.63, 3.8) is 0 Å². The van der Waals surface area contributed by atoms with Gasteiger partial charge in [-0.2, -0.15) is 0 Å². The first-order valence-electron chi connectivity index (χ1n) is 13.0. The maximum Gasteiger partial charge on any atom is 1.00 e. The monoisotopic (exact) mass is 528 g/mol. The Hall–Kier alpha value is -3.38. The second kappa shape index (κ2) is 12.6. The van der Waals surface area contributed by atoms with E-state index in [-0.39, 0.29) is 41.8 Å². The summed E-state index contributed by atoms with van der Waals surface area (Å²) in [5.74, 6) is -0.103. The fourth-order valence-corrected chi connectivity index (χ4v) is 4.88. The van der Waals surface area contributed by atoms with Crippen molar-refractivity contribution < 1.29 is 53.4 Å². The smallest absolute Gasteiger partial charge is 0.546 e. The molecule has 0 aliphatic heterocycles. The molecule has 0 aliphatic carbocycles. The molecule has 5 nitrogen and oxygen atoms in total. The molecule has 0 saturated heterocycles. The fraction of sp³-hybridized carbons (Fsp3) is 0.212. The van der Waals surface area contributed by atoms with Gasteiger partial charge in [0, 0.05) is 23.8 Å². The summed E-state index contributed by atoms with van der Waals surface area (Å²) in [5.41, 5.74) is 3.83. The van der Waals surface area contributed by atoms with E-state index >= 15 is 0 Å². The number of fused-ring (bicyclic) bond motifs is 2. The molecule has 0 saturated carbocycles. The number of aliphatic carboxylic acids is 1. The van der Waals surface area contributed by atoms with Crippen LogP contribution in [0.4, 0.5) is 0 Å². The summed E-state index contributed by atoms with van der Waals surface area (Å²) >= 11 is 0. The van der Waals surface area contributed by atoms with Gasteiger partial charge in [0.05, 0.1) is 11.5 Å². The van der Waals surface area contributed by atoms with Gasteiger partial charge in [-0.05, 0) is 53.4 Å². The zero-order valence-corrected chi connectivity index (χ0v) is 24.5. The van der Waals surface area contributed by atoms with Crippen molar-refractivity contribution in [2.45, 2.75) is 45.6 Å². The van der Waals surface area contributed by atoms with E-state index in [0.29, 0.717) is 29.1 Å². The molecule has 0 radical (unpaired) electrons. The van der Waals surface area contributed by atoms with Gasteiger partial charge in [-0.15, -0.1) is 0 Å². The van der Waals surface area contributed by atoms with Gasteiger partial charge in [-0.25, -0.2) is 0 Å². The zero-order chi connectivity index (χ0) is 26.6. The van der Waals surface area contributed by atoms with Crippen molar-refractivity contribution in [3.05, 3.63) is 102 Å². The van der Waals surface area contributed by atoms with Crippen LogP contribution in [0.3, 0.4) is 0 Å². The van der Waals surface area contributed by atoms with Crippen LogP contribution < -0.4 is 39.4 Å². The number of unbranched alkanes of at least 4 members (excludes halogenated alkanes) is 1. The van der Waals surface area contributed by atoms with Crippen molar-refractivity contribution in [1.82, 2.24) is 0 Å². The molecule has 0 N–H and O–H groups in total. The summed E-state index contributed by atoms with van der Waals surface area (Å²) in [4.78, 5) is 25.0. The molecule has 1 unspecified atom stereocenters. The van der Waals surface area contributed by atoms with Crippen LogP contribution in [0, 0.1) is 6.92 Å². The number of ether oxygens (including phenoxy) is 1. The van der Waals surface area contributed by atoms with E-state index in [1.54, 1.807) is 6.07 Å². The number of para-hydroxylation sites is 1. The normalized spacial score (nSPS) is 11.7. The molecule has 1 heterocycles. The number of ketones is 1. The quantitative estimate of drug-likeness (QED) is 0.204. The molecule has 0 amide bonds. The van der Waals surface area contributed by atoms with Crippen molar-refractivity contribution in [2.75, 3.05) is 0 Å². The Morgan fingerprint density at radius 2 is 1.67 bits per heavy atom. The molecule has 0 aliphatic rings. The minimum absolute atomic E-state index is 0. The van der Waals surface area contributed by atoms with E-state index < -0.39 is 12.1 Å². The first-order valence-corrected chi connectivity index (χ1v) is 13.0. The summed E-state index contributed by atoms with van der Waals surface area (Å²) in [6, 6.07) is 26.6. The topological polar surface area (TPSA) is 79.6 Å². The molecule has 0 fully saturated rings. The third-order valence-electron chi connectivity index (χ3n) is 6.93. The van der Waals surface area contributed by atoms with E-state index in [0.717, 1.165) is 45.7 Å². The van der Waals surface area contributed by atoms with Crippen LogP contribution in [0.25, 0.3) is 33.1 Å². The van der Waals surface area contributed by atoms with Gasteiger partial charge in [-0.3, -0.25) is 4.79 Å². The summed E-state index contributed by atoms with van der Waals surface area (Å²) < 4.78 is 12.1. The Balaban J connectivity index is 0.00000353. The molecule has 5 rings (SSSR count). The van der Waals surface area contributed by atoms with Gasteiger partial charge in [0.15, 0.2) is 5.78 Å². The van der Waals surface area contributed by atoms with Crippen molar-refractivity contribution in [2.24, 2.45) is 0 Å². The molecule has 5 aromatic rings. The van der Waals surface area contributed by atoms with Crippen molar-refractivity contribution in [1.29, 1.82) is 0 Å². The summed E-state index contributed by atoms with van der Waals surface area (Å²) in [5, 5.41) is 14.5. The molecule has 6 heteroatoms. The van der Waals surface area contributed by atoms with Gasteiger partial charge >= 0.3 is 29.6 Å². The molecule has 1 aromatic heterocycles. The van der Waals surface area contributed by atoms with Crippen LogP contribution in [0.5, 0.6) is 5.75 Å². The second-order valence-corrected chi connectivity index (χ2v) is 9.57. The Bertz CT molecular complexity index is 1620. The van der Waals surface area contributed by atoms with Gasteiger partial charge in [0.2, 0.25) is 0 Å². The average Bonchev–Trinajstić information content (AvgIpc) is 3.33. The molecule has 192 valence electrons. The summed E-state index contributed by atoms with van der Waals surface area (Å²) in [6.07, 6.45) is 1.35. The minimum Gasteiger partial charge on any atom is -0.546 e. The molecular formula is C33H29NaO5. The number of furan rings is 1. The van der Waals surface area contributed by atoms with Crippen molar-refractivity contribution in [3.8, 4) is 17.1 Å². The maximum absolute atomic E-state index is 13.2. The number of benzene rings is 4. The van der Waals surface area contributed by atoms with Gasteiger partial charge in [0.25, 0.3) is 0 Å². The Morgan fingerprint density at radius 3 is 2.41 bits per heavy atom. The number of aryl methyl sites for hydroxylation is 1. The van der Waals surface area contributed by atoms with Gasteiger partial charge in [-0.1, -0.05) is 80.1 Å². The molecule has 1 atom stereocenters. The van der Waals surface area contributed by atoms with E-state index in [2.05, 4.69) is 6.92 Å². The standard InChI is InChI=1S/C33H30O5.Na/c1-3-4-13-27(34)31-26-12-8-9-14-29(26)38-32(31)24-15-17-25-21(2)28(18-16-23(25)20-24)37-30(33(35)36)19-22-10-6-5-7-11-22;/h5-12,14-18,20,30H,3-4,13,19H2,1-2H3,(H,35,36);/q;+1/p-1. The van der Waals surface area contributed by atoms with Crippen LogP contribution in [0.15, 0.2) is 89.3 Å². The number of rotatable bonds is 10. The minimum atomic E-state index is -1.26. The van der Waals surface area contributed by atoms with E-state index in [1.165, 1.54) is 0 Å². The predicted molar refractivity (Wildman–Crippen MR) is 147 cm³/mol. The average molecular weight is 529 g/mol. The molecule has 0 spiro atoms. The Morgan fingerprint density at radius 1 is 0.923 bits per heavy atom. The molecule has 4 aromatic carbocycles. The van der Waals surface area contributed by atoms with Crippen LogP contribution in [-0.2, 0) is 11.2 Å².